The van der Waals surface area contributed by atoms with Crippen LogP contribution in [0.4, 0.5) is 0 Å². The van der Waals surface area contributed by atoms with Crippen molar-refractivity contribution < 1.29 is 17.9 Å². The number of imidazole rings is 1. The van der Waals surface area contributed by atoms with E-state index < -0.39 is 15.9 Å². The highest BCUT2D eigenvalue weighted by atomic mass is 32.2. The Morgan fingerprint density at radius 2 is 2.00 bits per heavy atom. The summed E-state index contributed by atoms with van der Waals surface area (Å²) in [5.74, 6) is -0.836. The van der Waals surface area contributed by atoms with Crippen LogP contribution in [-0.2, 0) is 33.2 Å². The molecule has 0 N–H and O–H groups in total. The molecule has 2 aromatic carbocycles. The third-order valence-corrected chi connectivity index (χ3v) is 7.22. The van der Waals surface area contributed by atoms with Crippen LogP contribution in [-0.4, -0.2) is 41.3 Å². The molecule has 1 fully saturated rings. The van der Waals surface area contributed by atoms with Gasteiger partial charge in [-0.15, -0.1) is 0 Å². The second-order valence-corrected chi connectivity index (χ2v) is 9.25. The molecule has 1 saturated heterocycles. The normalized spacial score (nSPS) is 18.0. The second kappa shape index (κ2) is 7.96. The number of rotatable bonds is 5. The van der Waals surface area contributed by atoms with E-state index in [2.05, 4.69) is 4.98 Å². The molecule has 1 aliphatic rings. The predicted octanol–water partition coefficient (Wildman–Crippen LogP) is 2.72. The summed E-state index contributed by atoms with van der Waals surface area (Å²) >= 11 is 0. The number of nitrogens with zero attached hydrogens (tertiary/aromatic N) is 3. The van der Waals surface area contributed by atoms with Crippen LogP contribution in [0.3, 0.4) is 0 Å². The Kier molecular flexibility index (Phi) is 5.38. The molecule has 29 heavy (non-hydrogen) atoms. The van der Waals surface area contributed by atoms with Gasteiger partial charge < -0.3 is 9.30 Å². The van der Waals surface area contributed by atoms with Crippen molar-refractivity contribution in [3.63, 3.8) is 0 Å². The van der Waals surface area contributed by atoms with Gasteiger partial charge in [-0.1, -0.05) is 30.3 Å². The number of piperidine rings is 1. The van der Waals surface area contributed by atoms with Crippen molar-refractivity contribution in [1.82, 2.24) is 13.9 Å². The molecule has 1 aromatic heterocycles. The highest BCUT2D eigenvalue weighted by molar-refractivity contribution is 7.89. The van der Waals surface area contributed by atoms with Crippen molar-refractivity contribution in [2.45, 2.75) is 24.3 Å². The van der Waals surface area contributed by atoms with Crippen molar-refractivity contribution >= 4 is 26.8 Å². The lowest BCUT2D eigenvalue weighted by Gasteiger charge is -2.30. The van der Waals surface area contributed by atoms with Gasteiger partial charge in [0.05, 0.1) is 29.0 Å². The van der Waals surface area contributed by atoms with Crippen molar-refractivity contribution in [2.75, 3.05) is 13.1 Å². The molecule has 4 rings (SSSR count). The number of carbonyl (C=O) groups is 1. The Balaban J connectivity index is 1.47. The van der Waals surface area contributed by atoms with Crippen LogP contribution >= 0.6 is 0 Å². The van der Waals surface area contributed by atoms with Crippen LogP contribution in [0.5, 0.6) is 0 Å². The van der Waals surface area contributed by atoms with E-state index in [0.717, 1.165) is 16.5 Å². The number of hydrogen-bond donors (Lipinski definition) is 0. The van der Waals surface area contributed by atoms with Crippen LogP contribution in [0.25, 0.3) is 10.8 Å². The van der Waals surface area contributed by atoms with Gasteiger partial charge in [0, 0.05) is 20.1 Å². The van der Waals surface area contributed by atoms with Crippen LogP contribution in [0.2, 0.25) is 0 Å². The maximum absolute atomic E-state index is 13.2. The van der Waals surface area contributed by atoms with E-state index in [1.165, 1.54) is 4.31 Å². The molecule has 8 heteroatoms. The maximum atomic E-state index is 13.2. The van der Waals surface area contributed by atoms with Gasteiger partial charge >= 0.3 is 5.97 Å². The van der Waals surface area contributed by atoms with Gasteiger partial charge in [0.1, 0.15) is 6.61 Å². The molecule has 0 spiro atoms. The summed E-state index contributed by atoms with van der Waals surface area (Å²) in [6, 6.07) is 12.8. The van der Waals surface area contributed by atoms with Crippen molar-refractivity contribution in [1.29, 1.82) is 0 Å². The first kappa shape index (κ1) is 19.6. The lowest BCUT2D eigenvalue weighted by molar-refractivity contribution is -0.151. The number of carbonyl (C=O) groups excluding carboxylic acids is 1. The fourth-order valence-corrected chi connectivity index (χ4v) is 5.18. The van der Waals surface area contributed by atoms with E-state index in [9.17, 15) is 13.2 Å². The number of aryl methyl sites for hydroxylation is 1. The molecule has 1 aliphatic heterocycles. The number of benzene rings is 2. The van der Waals surface area contributed by atoms with E-state index >= 15 is 0 Å². The van der Waals surface area contributed by atoms with E-state index in [0.29, 0.717) is 19.4 Å². The SMILES string of the molecule is Cn1cncc1COC(=O)[C@@H]1CCCN(S(=O)(=O)c2ccc3ccccc3c2)C1. The zero-order valence-corrected chi connectivity index (χ0v) is 17.0. The molecule has 0 saturated carbocycles. The number of aromatic nitrogens is 2. The maximum Gasteiger partial charge on any atom is 0.310 e. The van der Waals surface area contributed by atoms with Gasteiger partial charge in [-0.05, 0) is 35.7 Å². The molecule has 0 radical (unpaired) electrons. The molecule has 0 unspecified atom stereocenters. The third-order valence-electron chi connectivity index (χ3n) is 5.35. The van der Waals surface area contributed by atoms with Gasteiger partial charge in [0.25, 0.3) is 0 Å². The van der Waals surface area contributed by atoms with Crippen LogP contribution in [0.1, 0.15) is 18.5 Å². The third kappa shape index (κ3) is 4.04. The summed E-state index contributed by atoms with van der Waals surface area (Å²) < 4.78 is 34.9. The molecule has 152 valence electrons. The summed E-state index contributed by atoms with van der Waals surface area (Å²) in [5, 5.41) is 1.86. The van der Waals surface area contributed by atoms with Crippen LogP contribution in [0.15, 0.2) is 59.9 Å². The van der Waals surface area contributed by atoms with Crippen LogP contribution < -0.4 is 0 Å². The van der Waals surface area contributed by atoms with Crippen molar-refractivity contribution in [3.05, 3.63) is 60.7 Å². The van der Waals surface area contributed by atoms with Crippen molar-refractivity contribution in [2.24, 2.45) is 13.0 Å². The largest absolute Gasteiger partial charge is 0.459 e. The predicted molar refractivity (Wildman–Crippen MR) is 108 cm³/mol. The Bertz CT molecular complexity index is 1140. The Morgan fingerprint density at radius 3 is 2.76 bits per heavy atom. The first-order valence-corrected chi connectivity index (χ1v) is 11.0. The quantitative estimate of drug-likeness (QED) is 0.601. The molecule has 3 aromatic rings. The minimum Gasteiger partial charge on any atom is -0.459 e. The first-order valence-electron chi connectivity index (χ1n) is 9.56. The first-order chi connectivity index (χ1) is 13.9. The monoisotopic (exact) mass is 413 g/mol. The highest BCUT2D eigenvalue weighted by Gasteiger charge is 2.34. The van der Waals surface area contributed by atoms with Gasteiger partial charge in [-0.2, -0.15) is 4.31 Å². The lowest BCUT2D eigenvalue weighted by Crippen LogP contribution is -2.42. The summed E-state index contributed by atoms with van der Waals surface area (Å²) in [6.45, 7) is 0.670. The van der Waals surface area contributed by atoms with Gasteiger partial charge in [-0.25, -0.2) is 13.4 Å². The summed E-state index contributed by atoms with van der Waals surface area (Å²) in [6.07, 6.45) is 4.53. The topological polar surface area (TPSA) is 81.5 Å². The number of fused-ring (bicyclic) bond motifs is 1. The van der Waals surface area contributed by atoms with Crippen molar-refractivity contribution in [3.8, 4) is 0 Å². The van der Waals surface area contributed by atoms with Gasteiger partial charge in [0.15, 0.2) is 0 Å². The minimum atomic E-state index is -3.67. The smallest absolute Gasteiger partial charge is 0.310 e. The molecule has 0 amide bonds. The van der Waals surface area contributed by atoms with E-state index in [1.807, 2.05) is 37.4 Å². The Hall–Kier alpha value is -2.71. The fraction of sp³-hybridized carbons (Fsp3) is 0.333. The standard InChI is InChI=1S/C21H23N3O4S/c1-23-15-22-12-19(23)14-28-21(25)18-7-4-10-24(13-18)29(26,27)20-9-8-16-5-2-3-6-17(16)11-20/h2-3,5-6,8-9,11-12,15,18H,4,7,10,13-14H2,1H3/t18-/m1/s1. The Morgan fingerprint density at radius 1 is 1.21 bits per heavy atom. The number of ether oxygens (including phenoxy) is 1. The zero-order valence-electron chi connectivity index (χ0n) is 16.2. The van der Waals surface area contributed by atoms with E-state index in [-0.39, 0.29) is 24.0 Å². The molecule has 0 bridgehead atoms. The number of sulfonamides is 1. The number of esters is 1. The average Bonchev–Trinajstić information content (AvgIpc) is 3.16. The molecule has 7 nitrogen and oxygen atoms in total. The fourth-order valence-electron chi connectivity index (χ4n) is 3.62. The minimum absolute atomic E-state index is 0.128. The van der Waals surface area contributed by atoms with Gasteiger partial charge in [0.2, 0.25) is 10.0 Å². The van der Waals surface area contributed by atoms with E-state index in [4.69, 9.17) is 4.74 Å². The highest BCUT2D eigenvalue weighted by Crippen LogP contribution is 2.27. The molecule has 1 atom stereocenters. The van der Waals surface area contributed by atoms with Crippen LogP contribution in [0, 0.1) is 5.92 Å². The zero-order chi connectivity index (χ0) is 20.4. The summed E-state index contributed by atoms with van der Waals surface area (Å²) in [5.41, 5.74) is 0.787. The summed E-state index contributed by atoms with van der Waals surface area (Å²) in [4.78, 5) is 16.8. The summed E-state index contributed by atoms with van der Waals surface area (Å²) in [7, 11) is -1.85. The van der Waals surface area contributed by atoms with Gasteiger partial charge in [-0.3, -0.25) is 4.79 Å². The second-order valence-electron chi connectivity index (χ2n) is 7.31. The van der Waals surface area contributed by atoms with E-state index in [1.54, 1.807) is 29.2 Å². The lowest BCUT2D eigenvalue weighted by atomic mass is 10.00. The Labute approximate surface area is 170 Å². The number of hydrogen-bond acceptors (Lipinski definition) is 5. The average molecular weight is 413 g/mol. The molecule has 2 heterocycles. The molecular weight excluding hydrogens is 390 g/mol. The molecule has 0 aliphatic carbocycles. The molecular formula is C21H23N3O4S.